The Morgan fingerprint density at radius 3 is 3.00 bits per heavy atom. The molecule has 66 valence electrons. The molecule has 0 radical (unpaired) electrons. The van der Waals surface area contributed by atoms with Gasteiger partial charge in [0.2, 0.25) is 0 Å². The summed E-state index contributed by atoms with van der Waals surface area (Å²) >= 11 is 0. The third-order valence-corrected chi connectivity index (χ3v) is 2.19. The predicted octanol–water partition coefficient (Wildman–Crippen LogP) is 2.81. The van der Waals surface area contributed by atoms with Crippen LogP contribution in [0, 0.1) is 0 Å². The van der Waals surface area contributed by atoms with Crippen molar-refractivity contribution < 1.29 is 4.74 Å². The van der Waals surface area contributed by atoms with Gasteiger partial charge in [-0.1, -0.05) is 12.6 Å². The van der Waals surface area contributed by atoms with Crippen molar-refractivity contribution >= 4 is 18.0 Å². The molecule has 2 rings (SSSR count). The van der Waals surface area contributed by atoms with Crippen LogP contribution in [0.15, 0.2) is 29.8 Å². The number of rotatable bonds is 1. The molecule has 0 amide bonds. The van der Waals surface area contributed by atoms with Gasteiger partial charge in [-0.25, -0.2) is 0 Å². The average Bonchev–Trinajstić information content (AvgIpc) is 2.17. The number of hydrogen-bond donors (Lipinski definition) is 0. The van der Waals surface area contributed by atoms with Gasteiger partial charge in [0.05, 0.1) is 12.3 Å². The summed E-state index contributed by atoms with van der Waals surface area (Å²) in [4.78, 5) is 3.94. The lowest BCUT2D eigenvalue weighted by Crippen LogP contribution is -2.06. The first-order valence-corrected chi connectivity index (χ1v) is 4.23. The second-order valence-electron chi connectivity index (χ2n) is 3.01. The standard InChI is InChI=1S/C11H11NO/c1-8-6-7-13-10-5-3-4-9(12-2)11(8)10/h3-5H,1-2,6-7H2. The van der Waals surface area contributed by atoms with Crippen molar-refractivity contribution in [3.63, 3.8) is 0 Å². The maximum absolute atomic E-state index is 5.49. The molecule has 0 N–H and O–H groups in total. The quantitative estimate of drug-likeness (QED) is 0.598. The van der Waals surface area contributed by atoms with Gasteiger partial charge in [0.15, 0.2) is 0 Å². The van der Waals surface area contributed by atoms with Gasteiger partial charge in [0, 0.05) is 12.0 Å². The first-order chi connectivity index (χ1) is 6.33. The van der Waals surface area contributed by atoms with Crippen molar-refractivity contribution in [1.29, 1.82) is 0 Å². The SMILES string of the molecule is C=Nc1cccc2c1C(=C)CCO2. The number of aliphatic imine (C=N–C) groups is 1. The lowest BCUT2D eigenvalue weighted by Gasteiger charge is -2.20. The number of fused-ring (bicyclic) bond motifs is 1. The summed E-state index contributed by atoms with van der Waals surface area (Å²) in [7, 11) is 0. The molecule has 0 atom stereocenters. The largest absolute Gasteiger partial charge is 0.493 e. The van der Waals surface area contributed by atoms with Gasteiger partial charge >= 0.3 is 0 Å². The molecule has 2 heteroatoms. The smallest absolute Gasteiger partial charge is 0.128 e. The fourth-order valence-corrected chi connectivity index (χ4v) is 1.54. The molecule has 0 fully saturated rings. The van der Waals surface area contributed by atoms with E-state index >= 15 is 0 Å². The first-order valence-electron chi connectivity index (χ1n) is 4.23. The molecule has 1 aliphatic rings. The maximum atomic E-state index is 5.49. The Morgan fingerprint density at radius 2 is 2.23 bits per heavy atom. The van der Waals surface area contributed by atoms with Crippen LogP contribution in [0.5, 0.6) is 5.75 Å². The zero-order valence-electron chi connectivity index (χ0n) is 7.42. The van der Waals surface area contributed by atoms with E-state index in [1.54, 1.807) is 0 Å². The van der Waals surface area contributed by atoms with Crippen LogP contribution in [0.1, 0.15) is 12.0 Å². The molecular formula is C11H11NO. The summed E-state index contributed by atoms with van der Waals surface area (Å²) in [6.07, 6.45) is 0.875. The molecule has 0 aromatic heterocycles. The van der Waals surface area contributed by atoms with Gasteiger partial charge < -0.3 is 4.74 Å². The van der Waals surface area contributed by atoms with Gasteiger partial charge in [-0.05, 0) is 24.4 Å². The lowest BCUT2D eigenvalue weighted by atomic mass is 10.00. The molecule has 13 heavy (non-hydrogen) atoms. The second kappa shape index (κ2) is 3.05. The summed E-state index contributed by atoms with van der Waals surface area (Å²) in [5, 5.41) is 0. The fraction of sp³-hybridized carbons (Fsp3) is 0.182. The Kier molecular flexibility index (Phi) is 1.89. The van der Waals surface area contributed by atoms with Crippen LogP contribution >= 0.6 is 0 Å². The lowest BCUT2D eigenvalue weighted by molar-refractivity contribution is 0.317. The van der Waals surface area contributed by atoms with E-state index in [2.05, 4.69) is 18.3 Å². The maximum Gasteiger partial charge on any atom is 0.128 e. The highest BCUT2D eigenvalue weighted by atomic mass is 16.5. The number of nitrogens with zero attached hydrogens (tertiary/aromatic N) is 1. The molecular weight excluding hydrogens is 162 g/mol. The third kappa shape index (κ3) is 1.24. The van der Waals surface area contributed by atoms with Crippen molar-refractivity contribution in [2.75, 3.05) is 6.61 Å². The molecule has 2 nitrogen and oxygen atoms in total. The highest BCUT2D eigenvalue weighted by Crippen LogP contribution is 2.38. The molecule has 0 unspecified atom stereocenters. The minimum atomic E-state index is 0.715. The molecule has 0 saturated heterocycles. The molecule has 1 aromatic carbocycles. The number of benzene rings is 1. The van der Waals surface area contributed by atoms with E-state index in [1.807, 2.05) is 18.2 Å². The van der Waals surface area contributed by atoms with Crippen LogP contribution < -0.4 is 4.74 Å². The molecule has 0 aliphatic carbocycles. The van der Waals surface area contributed by atoms with Crippen molar-refractivity contribution in [3.05, 3.63) is 30.3 Å². The van der Waals surface area contributed by atoms with Crippen LogP contribution in [0.3, 0.4) is 0 Å². The fourth-order valence-electron chi connectivity index (χ4n) is 1.54. The Hall–Kier alpha value is -1.57. The first kappa shape index (κ1) is 8.05. The van der Waals surface area contributed by atoms with E-state index in [-0.39, 0.29) is 0 Å². The molecule has 0 bridgehead atoms. The molecule has 0 spiro atoms. The highest BCUT2D eigenvalue weighted by molar-refractivity contribution is 5.79. The topological polar surface area (TPSA) is 21.6 Å². The van der Waals surface area contributed by atoms with Gasteiger partial charge in [-0.2, -0.15) is 0 Å². The van der Waals surface area contributed by atoms with Crippen LogP contribution in [0.4, 0.5) is 5.69 Å². The van der Waals surface area contributed by atoms with Gasteiger partial charge in [0.25, 0.3) is 0 Å². The molecule has 1 aromatic rings. The van der Waals surface area contributed by atoms with E-state index in [1.165, 1.54) is 0 Å². The van der Waals surface area contributed by atoms with Crippen molar-refractivity contribution in [3.8, 4) is 5.75 Å². The summed E-state index contributed by atoms with van der Waals surface area (Å²) in [5.74, 6) is 0.876. The van der Waals surface area contributed by atoms with E-state index in [0.717, 1.165) is 29.0 Å². The van der Waals surface area contributed by atoms with E-state index in [0.29, 0.717) is 6.61 Å². The number of ether oxygens (including phenoxy) is 1. The Labute approximate surface area is 77.6 Å². The number of hydrogen-bond acceptors (Lipinski definition) is 2. The minimum absolute atomic E-state index is 0.715. The van der Waals surface area contributed by atoms with Gasteiger partial charge in [-0.3, -0.25) is 4.99 Å². The summed E-state index contributed by atoms with van der Waals surface area (Å²) in [6, 6.07) is 5.78. The summed E-state index contributed by atoms with van der Waals surface area (Å²) < 4.78 is 5.49. The van der Waals surface area contributed by atoms with Gasteiger partial charge in [-0.15, -0.1) is 0 Å². The van der Waals surface area contributed by atoms with Crippen LogP contribution in [0.25, 0.3) is 5.57 Å². The third-order valence-electron chi connectivity index (χ3n) is 2.19. The summed E-state index contributed by atoms with van der Waals surface area (Å²) in [6.45, 7) is 8.24. The van der Waals surface area contributed by atoms with Crippen molar-refractivity contribution in [1.82, 2.24) is 0 Å². The average molecular weight is 173 g/mol. The van der Waals surface area contributed by atoms with Crippen molar-refractivity contribution in [2.45, 2.75) is 6.42 Å². The van der Waals surface area contributed by atoms with Crippen LogP contribution in [-0.4, -0.2) is 13.3 Å². The zero-order chi connectivity index (χ0) is 9.26. The Bertz CT molecular complexity index is 368. The zero-order valence-corrected chi connectivity index (χ0v) is 7.42. The monoisotopic (exact) mass is 173 g/mol. The normalized spacial score (nSPS) is 14.6. The minimum Gasteiger partial charge on any atom is -0.493 e. The Balaban J connectivity index is 2.63. The van der Waals surface area contributed by atoms with E-state index in [4.69, 9.17) is 4.74 Å². The molecule has 1 aliphatic heterocycles. The van der Waals surface area contributed by atoms with Gasteiger partial charge in [0.1, 0.15) is 5.75 Å². The van der Waals surface area contributed by atoms with Crippen LogP contribution in [0.2, 0.25) is 0 Å². The van der Waals surface area contributed by atoms with E-state index < -0.39 is 0 Å². The van der Waals surface area contributed by atoms with E-state index in [9.17, 15) is 0 Å². The summed E-state index contributed by atoms with van der Waals surface area (Å²) in [5.41, 5.74) is 2.97. The van der Waals surface area contributed by atoms with Crippen molar-refractivity contribution in [2.24, 2.45) is 4.99 Å². The second-order valence-corrected chi connectivity index (χ2v) is 3.01. The molecule has 1 heterocycles. The Morgan fingerprint density at radius 1 is 1.38 bits per heavy atom. The highest BCUT2D eigenvalue weighted by Gasteiger charge is 2.16. The predicted molar refractivity (Wildman–Crippen MR) is 54.8 cm³/mol. The molecule has 0 saturated carbocycles. The van der Waals surface area contributed by atoms with Crippen LogP contribution in [-0.2, 0) is 0 Å².